The Bertz CT molecular complexity index is 607. The van der Waals surface area contributed by atoms with Crippen molar-refractivity contribution in [3.8, 4) is 0 Å². The van der Waals surface area contributed by atoms with Gasteiger partial charge < -0.3 is 4.74 Å². The van der Waals surface area contributed by atoms with Crippen molar-refractivity contribution in [3.63, 3.8) is 0 Å². The highest BCUT2D eigenvalue weighted by Crippen LogP contribution is 2.43. The normalized spacial score (nSPS) is 15.0. The first-order valence-corrected chi connectivity index (χ1v) is 8.92. The van der Waals surface area contributed by atoms with Gasteiger partial charge in [-0.15, -0.1) is 0 Å². The summed E-state index contributed by atoms with van der Waals surface area (Å²) in [6.07, 6.45) is 0. The van der Waals surface area contributed by atoms with Crippen LogP contribution in [0.1, 0.15) is 40.2 Å². The number of hydrogen-bond donors (Lipinski definition) is 1. The van der Waals surface area contributed by atoms with E-state index in [1.807, 2.05) is 20.8 Å². The van der Waals surface area contributed by atoms with Gasteiger partial charge in [-0.05, 0) is 52.8 Å². The second-order valence-corrected chi connectivity index (χ2v) is 8.91. The molecule has 0 amide bonds. The molecule has 0 heterocycles. The first-order chi connectivity index (χ1) is 10.8. The van der Waals surface area contributed by atoms with Gasteiger partial charge in [0.1, 0.15) is 11.4 Å². The van der Waals surface area contributed by atoms with Crippen LogP contribution in [0.3, 0.4) is 0 Å². The van der Waals surface area contributed by atoms with Gasteiger partial charge in [0.15, 0.2) is 0 Å². The van der Waals surface area contributed by atoms with Gasteiger partial charge in [-0.25, -0.2) is 13.9 Å². The third-order valence-electron chi connectivity index (χ3n) is 3.19. The zero-order valence-electron chi connectivity index (χ0n) is 14.2. The molecule has 0 saturated heterocycles. The van der Waals surface area contributed by atoms with Crippen LogP contribution in [0.2, 0.25) is 0 Å². The molecule has 1 aromatic carbocycles. The Morgan fingerprint density at radius 1 is 1.29 bits per heavy atom. The first-order valence-electron chi connectivity index (χ1n) is 7.31. The van der Waals surface area contributed by atoms with E-state index in [1.165, 1.54) is 19.1 Å². The number of esters is 1. The maximum atomic E-state index is 14.9. The molecule has 8 heteroatoms. The fourth-order valence-corrected chi connectivity index (χ4v) is 2.96. The minimum Gasteiger partial charge on any atom is -0.461 e. The maximum absolute atomic E-state index is 14.9. The molecule has 3 nitrogen and oxygen atoms in total. The number of ether oxygens (including phenoxy) is 1. The van der Waals surface area contributed by atoms with E-state index in [2.05, 4.69) is 25.4 Å². The van der Waals surface area contributed by atoms with E-state index >= 15 is 0 Å². The Morgan fingerprint density at radius 3 is 2.38 bits per heavy atom. The number of carbonyl (C=O) groups excluding carboxylic acids is 1. The number of hydrogen-bond acceptors (Lipinski definition) is 4. The van der Waals surface area contributed by atoms with Gasteiger partial charge in [-0.2, -0.15) is 8.78 Å². The molecule has 24 heavy (non-hydrogen) atoms. The van der Waals surface area contributed by atoms with E-state index in [9.17, 15) is 18.0 Å². The van der Waals surface area contributed by atoms with Crippen LogP contribution in [0.4, 0.5) is 13.2 Å². The van der Waals surface area contributed by atoms with Crippen molar-refractivity contribution in [2.24, 2.45) is 0 Å². The smallest absolute Gasteiger partial charge is 0.379 e. The third-order valence-corrected chi connectivity index (χ3v) is 4.80. The summed E-state index contributed by atoms with van der Waals surface area (Å²) in [6, 6.07) is 3.71. The molecule has 0 aliphatic carbocycles. The molecule has 1 N–H and O–H groups in total. The molecule has 0 fully saturated rings. The van der Waals surface area contributed by atoms with Crippen LogP contribution in [-0.2, 0) is 15.1 Å². The molecule has 0 aliphatic rings. The Kier molecular flexibility index (Phi) is 6.80. The highest BCUT2D eigenvalue weighted by atomic mass is 79.9. The predicted octanol–water partition coefficient (Wildman–Crippen LogP) is 5.04. The Hall–Kier alpha value is -0.730. The van der Waals surface area contributed by atoms with Gasteiger partial charge in [0.2, 0.25) is 0 Å². The van der Waals surface area contributed by atoms with E-state index in [1.54, 1.807) is 0 Å². The van der Waals surface area contributed by atoms with Crippen LogP contribution >= 0.6 is 27.9 Å². The van der Waals surface area contributed by atoms with E-state index in [-0.39, 0.29) is 12.2 Å². The van der Waals surface area contributed by atoms with Crippen LogP contribution in [0, 0.1) is 5.82 Å². The van der Waals surface area contributed by atoms with E-state index in [0.29, 0.717) is 4.47 Å². The van der Waals surface area contributed by atoms with Crippen LogP contribution in [0.15, 0.2) is 22.7 Å². The van der Waals surface area contributed by atoms with Gasteiger partial charge >= 0.3 is 11.9 Å². The number of alkyl halides is 2. The molecule has 1 rings (SSSR count). The number of halogens is 4. The minimum atomic E-state index is -3.98. The van der Waals surface area contributed by atoms with Crippen molar-refractivity contribution in [3.05, 3.63) is 34.1 Å². The summed E-state index contributed by atoms with van der Waals surface area (Å²) in [5, 5.41) is 0. The molecule has 136 valence electrons. The summed E-state index contributed by atoms with van der Waals surface area (Å²) in [7, 11) is 0. The van der Waals surface area contributed by atoms with Gasteiger partial charge in [0, 0.05) is 14.8 Å². The fourth-order valence-electron chi connectivity index (χ4n) is 1.85. The molecule has 0 spiro atoms. The number of carbonyl (C=O) groups is 1. The molecular formula is C16H21BrF3NO2S. The lowest BCUT2D eigenvalue weighted by atomic mass is 9.86. The van der Waals surface area contributed by atoms with Gasteiger partial charge in [0.05, 0.1) is 6.61 Å². The van der Waals surface area contributed by atoms with E-state index < -0.39 is 28.0 Å². The lowest BCUT2D eigenvalue weighted by molar-refractivity contribution is -0.183. The summed E-state index contributed by atoms with van der Waals surface area (Å²) < 4.78 is 51.2. The molecule has 0 aliphatic heterocycles. The monoisotopic (exact) mass is 427 g/mol. The molecule has 0 unspecified atom stereocenters. The van der Waals surface area contributed by atoms with Crippen molar-refractivity contribution in [1.29, 1.82) is 0 Å². The van der Waals surface area contributed by atoms with Gasteiger partial charge in [-0.3, -0.25) is 0 Å². The number of benzene rings is 1. The summed E-state index contributed by atoms with van der Waals surface area (Å²) in [6.45, 7) is 7.76. The SMILES string of the molecule is CCOC(=O)C(F)(F)[C@](C)(NSC(C)(C)C)c1cc(Br)ccc1F. The van der Waals surface area contributed by atoms with Crippen LogP contribution in [0.25, 0.3) is 0 Å². The zero-order valence-corrected chi connectivity index (χ0v) is 16.6. The van der Waals surface area contributed by atoms with E-state index in [0.717, 1.165) is 24.9 Å². The number of rotatable bonds is 6. The standard InChI is InChI=1S/C16H21BrF3NO2S/c1-6-23-13(22)16(19,20)15(5,21-24-14(2,3)4)11-9-10(17)7-8-12(11)18/h7-9,21H,6H2,1-5H3/t15-/m1/s1. The summed E-state index contributed by atoms with van der Waals surface area (Å²) in [4.78, 5) is 11.8. The molecule has 0 radical (unpaired) electrons. The molecule has 0 bridgehead atoms. The largest absolute Gasteiger partial charge is 0.461 e. The van der Waals surface area contributed by atoms with Gasteiger partial charge in [0.25, 0.3) is 0 Å². The van der Waals surface area contributed by atoms with Crippen molar-refractivity contribution < 1.29 is 22.7 Å². The summed E-state index contributed by atoms with van der Waals surface area (Å²) in [5.41, 5.74) is -2.63. The Labute approximate surface area is 153 Å². The summed E-state index contributed by atoms with van der Waals surface area (Å²) in [5.74, 6) is -6.52. The molecule has 0 saturated carbocycles. The van der Waals surface area contributed by atoms with Crippen molar-refractivity contribution in [1.82, 2.24) is 4.72 Å². The van der Waals surface area contributed by atoms with Crippen LogP contribution in [-0.4, -0.2) is 23.2 Å². The summed E-state index contributed by atoms with van der Waals surface area (Å²) >= 11 is 4.14. The minimum absolute atomic E-state index is 0.197. The Morgan fingerprint density at radius 2 is 1.88 bits per heavy atom. The Balaban J connectivity index is 3.46. The van der Waals surface area contributed by atoms with Crippen molar-refractivity contribution >= 4 is 33.8 Å². The molecule has 1 atom stereocenters. The first kappa shape index (κ1) is 21.3. The zero-order chi connectivity index (χ0) is 18.8. The van der Waals surface area contributed by atoms with Gasteiger partial charge in [-0.1, -0.05) is 27.9 Å². The molecule has 0 aromatic heterocycles. The highest BCUT2D eigenvalue weighted by molar-refractivity contribution is 9.10. The second-order valence-electron chi connectivity index (χ2n) is 6.36. The second kappa shape index (κ2) is 7.66. The van der Waals surface area contributed by atoms with Crippen molar-refractivity contribution in [2.45, 2.75) is 50.8 Å². The average Bonchev–Trinajstić information content (AvgIpc) is 2.46. The van der Waals surface area contributed by atoms with E-state index in [4.69, 9.17) is 0 Å². The van der Waals surface area contributed by atoms with Crippen LogP contribution in [0.5, 0.6) is 0 Å². The maximum Gasteiger partial charge on any atom is 0.379 e. The lowest BCUT2D eigenvalue weighted by Crippen LogP contribution is -2.57. The lowest BCUT2D eigenvalue weighted by Gasteiger charge is -2.38. The predicted molar refractivity (Wildman–Crippen MR) is 93.5 cm³/mol. The highest BCUT2D eigenvalue weighted by Gasteiger charge is 2.60. The third kappa shape index (κ3) is 4.67. The number of nitrogens with one attached hydrogen (secondary N) is 1. The fraction of sp³-hybridized carbons (Fsp3) is 0.562. The molecule has 1 aromatic rings. The van der Waals surface area contributed by atoms with Crippen molar-refractivity contribution in [2.75, 3.05) is 6.61 Å². The average molecular weight is 428 g/mol. The van der Waals surface area contributed by atoms with Crippen LogP contribution < -0.4 is 4.72 Å². The quantitative estimate of drug-likeness (QED) is 0.509. The molecular weight excluding hydrogens is 407 g/mol. The topological polar surface area (TPSA) is 38.3 Å².